The third kappa shape index (κ3) is 4.67. The van der Waals surface area contributed by atoms with Crippen LogP contribution in [0.1, 0.15) is 10.4 Å². The number of benzene rings is 1. The van der Waals surface area contributed by atoms with E-state index in [2.05, 4.69) is 14.6 Å². The second-order valence-corrected chi connectivity index (χ2v) is 6.19. The molecule has 146 valence electrons. The van der Waals surface area contributed by atoms with Gasteiger partial charge in [0.05, 0.1) is 17.7 Å². The van der Waals surface area contributed by atoms with Crippen LogP contribution < -0.4 is 4.74 Å². The lowest BCUT2D eigenvalue weighted by atomic mass is 10.1. The molecule has 0 bridgehead atoms. The molecule has 1 aromatic carbocycles. The molecule has 0 aliphatic carbocycles. The Bertz CT molecular complexity index is 874. The highest BCUT2D eigenvalue weighted by Crippen LogP contribution is 2.36. The SMILES string of the molecule is COC(=O)CN(C)C(=O)c1cc(-c2nn(C)c(OC(F)F)c2Cl)ccc1Cl. The molecule has 2 rings (SSSR count). The number of aryl methyl sites for hydroxylation is 1. The third-order valence-corrected chi connectivity index (χ3v) is 4.22. The molecule has 27 heavy (non-hydrogen) atoms. The second kappa shape index (κ2) is 8.53. The Hall–Kier alpha value is -2.39. The monoisotopic (exact) mass is 421 g/mol. The Labute approximate surface area is 163 Å². The van der Waals surface area contributed by atoms with Gasteiger partial charge in [-0.05, 0) is 12.1 Å². The van der Waals surface area contributed by atoms with E-state index in [9.17, 15) is 18.4 Å². The summed E-state index contributed by atoms with van der Waals surface area (Å²) in [5, 5.41) is 4.05. The molecule has 0 aliphatic heterocycles. The maximum atomic E-state index is 12.6. The number of esters is 1. The molecule has 0 radical (unpaired) electrons. The average molecular weight is 422 g/mol. The lowest BCUT2D eigenvalue weighted by molar-refractivity contribution is -0.141. The van der Waals surface area contributed by atoms with Crippen LogP contribution in [0.4, 0.5) is 8.78 Å². The maximum absolute atomic E-state index is 12.6. The van der Waals surface area contributed by atoms with E-state index in [0.29, 0.717) is 5.56 Å². The highest BCUT2D eigenvalue weighted by atomic mass is 35.5. The zero-order chi connectivity index (χ0) is 20.3. The van der Waals surface area contributed by atoms with Crippen LogP contribution in [0.2, 0.25) is 10.0 Å². The summed E-state index contributed by atoms with van der Waals surface area (Å²) in [6, 6.07) is 4.37. The lowest BCUT2D eigenvalue weighted by Gasteiger charge is -2.16. The van der Waals surface area contributed by atoms with Gasteiger partial charge in [-0.15, -0.1) is 0 Å². The van der Waals surface area contributed by atoms with Gasteiger partial charge in [0.1, 0.15) is 17.3 Å². The second-order valence-electron chi connectivity index (χ2n) is 5.40. The van der Waals surface area contributed by atoms with Crippen LogP contribution in [0, 0.1) is 0 Å². The quantitative estimate of drug-likeness (QED) is 0.669. The molecule has 0 saturated carbocycles. The molecule has 7 nitrogen and oxygen atoms in total. The summed E-state index contributed by atoms with van der Waals surface area (Å²) in [5.41, 5.74) is 0.578. The summed E-state index contributed by atoms with van der Waals surface area (Å²) >= 11 is 12.2. The van der Waals surface area contributed by atoms with E-state index in [0.717, 1.165) is 9.58 Å². The van der Waals surface area contributed by atoms with Gasteiger partial charge in [-0.1, -0.05) is 29.3 Å². The predicted molar refractivity (Wildman–Crippen MR) is 94.3 cm³/mol. The Kier molecular flexibility index (Phi) is 6.61. The molecular weight excluding hydrogens is 407 g/mol. The normalized spacial score (nSPS) is 10.8. The molecule has 0 N–H and O–H groups in total. The van der Waals surface area contributed by atoms with Crippen molar-refractivity contribution in [1.82, 2.24) is 14.7 Å². The van der Waals surface area contributed by atoms with Crippen molar-refractivity contribution >= 4 is 35.1 Å². The topological polar surface area (TPSA) is 73.7 Å². The summed E-state index contributed by atoms with van der Waals surface area (Å²) in [5.74, 6) is -1.45. The third-order valence-electron chi connectivity index (χ3n) is 3.55. The average Bonchev–Trinajstić information content (AvgIpc) is 2.89. The number of aromatic nitrogens is 2. The number of amides is 1. The number of hydrogen-bond donors (Lipinski definition) is 0. The van der Waals surface area contributed by atoms with E-state index >= 15 is 0 Å². The summed E-state index contributed by atoms with van der Waals surface area (Å²) in [7, 11) is 4.00. The highest BCUT2D eigenvalue weighted by molar-refractivity contribution is 6.35. The Morgan fingerprint density at radius 3 is 2.59 bits per heavy atom. The number of hydrogen-bond acceptors (Lipinski definition) is 5. The van der Waals surface area contributed by atoms with Gasteiger partial charge in [0, 0.05) is 19.7 Å². The van der Waals surface area contributed by atoms with Gasteiger partial charge in [-0.2, -0.15) is 13.9 Å². The lowest BCUT2D eigenvalue weighted by Crippen LogP contribution is -2.32. The Morgan fingerprint density at radius 1 is 1.33 bits per heavy atom. The minimum Gasteiger partial charge on any atom is -0.468 e. The molecule has 0 saturated heterocycles. The van der Waals surface area contributed by atoms with Crippen molar-refractivity contribution < 1.29 is 27.8 Å². The van der Waals surface area contributed by atoms with Crippen LogP contribution in [0.25, 0.3) is 11.3 Å². The van der Waals surface area contributed by atoms with Crippen molar-refractivity contribution in [3.05, 3.63) is 33.8 Å². The first kappa shape index (κ1) is 20.9. The predicted octanol–water partition coefficient (Wildman–Crippen LogP) is 3.24. The number of rotatable bonds is 6. The minimum absolute atomic E-state index is 0.0821. The molecule has 0 unspecified atom stereocenters. The molecular formula is C16H15Cl2F2N3O4. The largest absolute Gasteiger partial charge is 0.468 e. The van der Waals surface area contributed by atoms with Gasteiger partial charge in [0.25, 0.3) is 5.91 Å². The fraction of sp³-hybridized carbons (Fsp3) is 0.312. The number of alkyl halides is 2. The van der Waals surface area contributed by atoms with Crippen LogP contribution in [0.3, 0.4) is 0 Å². The molecule has 1 aromatic heterocycles. The number of halogens is 4. The van der Waals surface area contributed by atoms with Gasteiger partial charge in [0.15, 0.2) is 0 Å². The zero-order valence-electron chi connectivity index (χ0n) is 14.5. The van der Waals surface area contributed by atoms with Gasteiger partial charge in [-0.3, -0.25) is 9.59 Å². The molecule has 0 atom stereocenters. The Morgan fingerprint density at radius 2 is 2.00 bits per heavy atom. The fourth-order valence-electron chi connectivity index (χ4n) is 2.25. The first-order valence-corrected chi connectivity index (χ1v) is 8.20. The van der Waals surface area contributed by atoms with Crippen molar-refractivity contribution in [2.45, 2.75) is 6.61 Å². The number of likely N-dealkylation sites (N-methyl/N-ethyl adjacent to an activating group) is 1. The summed E-state index contributed by atoms with van der Waals surface area (Å²) in [6.07, 6.45) is 0. The number of nitrogens with zero attached hydrogens (tertiary/aromatic N) is 3. The maximum Gasteiger partial charge on any atom is 0.388 e. The van der Waals surface area contributed by atoms with Gasteiger partial charge in [0.2, 0.25) is 5.88 Å². The summed E-state index contributed by atoms with van der Waals surface area (Å²) in [6.45, 7) is -3.34. The van der Waals surface area contributed by atoms with Gasteiger partial charge >= 0.3 is 12.6 Å². The van der Waals surface area contributed by atoms with Crippen LogP contribution in [0.5, 0.6) is 5.88 Å². The van der Waals surface area contributed by atoms with Crippen molar-refractivity contribution in [2.75, 3.05) is 20.7 Å². The van der Waals surface area contributed by atoms with Crippen molar-refractivity contribution in [3.63, 3.8) is 0 Å². The first-order valence-electron chi connectivity index (χ1n) is 7.45. The van der Waals surface area contributed by atoms with Crippen LogP contribution in [-0.4, -0.2) is 53.9 Å². The zero-order valence-corrected chi connectivity index (χ0v) is 16.0. The number of carbonyl (C=O) groups is 2. The fourth-order valence-corrected chi connectivity index (χ4v) is 2.76. The number of ether oxygens (including phenoxy) is 2. The van der Waals surface area contributed by atoms with E-state index in [1.54, 1.807) is 0 Å². The van der Waals surface area contributed by atoms with Crippen LogP contribution in [-0.2, 0) is 16.6 Å². The Balaban J connectivity index is 2.41. The summed E-state index contributed by atoms with van der Waals surface area (Å²) < 4.78 is 35.0. The minimum atomic E-state index is -3.07. The van der Waals surface area contributed by atoms with Crippen LogP contribution >= 0.6 is 23.2 Å². The van der Waals surface area contributed by atoms with E-state index < -0.39 is 18.5 Å². The molecule has 2 aromatic rings. The molecule has 11 heteroatoms. The standard InChI is InChI=1S/C16H15Cl2F2N3O4/c1-22(7-11(24)26-3)14(25)9-6-8(4-5-10(9)17)13-12(18)15(23(2)21-13)27-16(19)20/h4-6,16H,7H2,1-3H3. The van der Waals surface area contributed by atoms with Crippen molar-refractivity contribution in [2.24, 2.45) is 7.05 Å². The van der Waals surface area contributed by atoms with Crippen molar-refractivity contribution in [1.29, 1.82) is 0 Å². The van der Waals surface area contributed by atoms with Gasteiger partial charge in [-0.25, -0.2) is 4.68 Å². The molecule has 0 spiro atoms. The van der Waals surface area contributed by atoms with Gasteiger partial charge < -0.3 is 14.4 Å². The van der Waals surface area contributed by atoms with E-state index in [1.807, 2.05) is 0 Å². The van der Waals surface area contributed by atoms with E-state index in [1.165, 1.54) is 39.4 Å². The number of carbonyl (C=O) groups excluding carboxylic acids is 2. The van der Waals surface area contributed by atoms with E-state index in [4.69, 9.17) is 23.2 Å². The molecule has 1 heterocycles. The van der Waals surface area contributed by atoms with E-state index in [-0.39, 0.29) is 33.7 Å². The smallest absolute Gasteiger partial charge is 0.388 e. The molecule has 1 amide bonds. The first-order chi connectivity index (χ1) is 12.6. The summed E-state index contributed by atoms with van der Waals surface area (Å²) in [4.78, 5) is 25.0. The van der Waals surface area contributed by atoms with Crippen molar-refractivity contribution in [3.8, 4) is 17.1 Å². The highest BCUT2D eigenvalue weighted by Gasteiger charge is 2.23. The van der Waals surface area contributed by atoms with Crippen LogP contribution in [0.15, 0.2) is 18.2 Å². The molecule has 0 fully saturated rings. The molecule has 0 aliphatic rings. The number of methoxy groups -OCH3 is 1.